The van der Waals surface area contributed by atoms with Crippen LogP contribution < -0.4 is 10.6 Å². The zero-order valence-electron chi connectivity index (χ0n) is 30.2. The number of aliphatic hydroxyl groups excluding tert-OH is 5. The number of carbonyl (C=O) groups is 5. The molecule has 3 rings (SSSR count). The number of nitrogens with zero attached hydrogens (tertiary/aromatic N) is 2. The van der Waals surface area contributed by atoms with Crippen LogP contribution in [0.2, 0.25) is 0 Å². The summed E-state index contributed by atoms with van der Waals surface area (Å²) in [6, 6.07) is 16.0. The second-order valence-corrected chi connectivity index (χ2v) is 12.5. The van der Waals surface area contributed by atoms with Crippen molar-refractivity contribution in [3.8, 4) is 0 Å². The zero-order chi connectivity index (χ0) is 40.4. The van der Waals surface area contributed by atoms with E-state index in [1.807, 2.05) is 54.6 Å². The van der Waals surface area contributed by atoms with E-state index in [9.17, 15) is 39.3 Å². The van der Waals surface area contributed by atoms with Gasteiger partial charge in [0.05, 0.1) is 37.9 Å². The summed E-state index contributed by atoms with van der Waals surface area (Å²) in [5.41, 5.74) is 0.557. The number of amides is 1. The molecule has 303 valence electrons. The van der Waals surface area contributed by atoms with Crippen molar-refractivity contribution in [2.45, 2.75) is 49.7 Å². The number of benzene rings is 3. The van der Waals surface area contributed by atoms with Crippen LogP contribution in [-0.4, -0.2) is 175 Å². The molecule has 0 bridgehead atoms. The maximum Gasteiger partial charge on any atom is 2.00 e. The molecule has 0 aromatic heterocycles. The van der Waals surface area contributed by atoms with Crippen LogP contribution in [0.3, 0.4) is 0 Å². The van der Waals surface area contributed by atoms with Crippen LogP contribution in [-0.2, 0) is 36.2 Å². The van der Waals surface area contributed by atoms with Crippen LogP contribution in [0.1, 0.15) is 29.6 Å². The van der Waals surface area contributed by atoms with Gasteiger partial charge in [0.2, 0.25) is 0 Å². The van der Waals surface area contributed by atoms with Gasteiger partial charge in [0.1, 0.15) is 24.4 Å². The SMILES string of the molecule is CNC[C@H](O)[C@@H](O)[C@H](O)[C@H](O)CO.O=C(O)CN(CCN(CC(=O)O)C(CCCCNC(=O)c1c2ccccc2cc2ccccc12)C(=O)O)CC(=O)O.[Mn+2]. The average molecular weight is 818 g/mol. The summed E-state index contributed by atoms with van der Waals surface area (Å²) < 4.78 is 0. The minimum atomic E-state index is -1.55. The number of hydrogen-bond acceptors (Lipinski definition) is 13. The number of unbranched alkanes of at least 4 members (excludes halogenated alkanes) is 1. The van der Waals surface area contributed by atoms with Gasteiger partial charge < -0.3 is 56.6 Å². The van der Waals surface area contributed by atoms with Gasteiger partial charge in [-0.2, -0.15) is 0 Å². The van der Waals surface area contributed by atoms with Crippen LogP contribution >= 0.6 is 0 Å². The Morgan fingerprint density at radius 1 is 0.709 bits per heavy atom. The molecule has 0 spiro atoms. The second kappa shape index (κ2) is 25.0. The molecule has 0 saturated carbocycles. The standard InChI is InChI=1S/C29H33N3O9.C7H17NO5.Mn/c33-24(34)16-31(17-25(35)36)13-14-32(18-26(37)38)23(29(40)41)11-5-6-12-30-28(39)27-21-9-3-1-7-19(21)15-20-8-2-4-10-22(20)27;1-8-2-4(10)6(12)7(13)5(11)3-9;/h1-4,7-10,15,23H,5-6,11-14,16-18H2,(H,30,39)(H,33,34)(H,35,36)(H,37,38)(H,40,41);4-13H,2-3H2,1H3;/q;;+2/t;4-,5+,6+,7+;/m.0./s1. The van der Waals surface area contributed by atoms with Gasteiger partial charge in [0.25, 0.3) is 5.91 Å². The summed E-state index contributed by atoms with van der Waals surface area (Å²) in [6.45, 7) is -2.39. The van der Waals surface area contributed by atoms with Gasteiger partial charge in [-0.05, 0) is 53.9 Å². The third kappa shape index (κ3) is 16.2. The van der Waals surface area contributed by atoms with Crippen molar-refractivity contribution < 1.29 is 87.0 Å². The number of carboxylic acid groups (broad SMARTS) is 4. The Labute approximate surface area is 327 Å². The number of aliphatic carboxylic acids is 4. The van der Waals surface area contributed by atoms with E-state index in [2.05, 4.69) is 10.6 Å². The van der Waals surface area contributed by atoms with Gasteiger partial charge in [0.15, 0.2) is 0 Å². The summed E-state index contributed by atoms with van der Waals surface area (Å²) >= 11 is 0. The normalized spacial score (nSPS) is 13.9. The molecule has 0 saturated heterocycles. The molecule has 3 aromatic carbocycles. The van der Waals surface area contributed by atoms with Crippen molar-refractivity contribution in [2.24, 2.45) is 0 Å². The Hall–Kier alpha value is -4.27. The van der Waals surface area contributed by atoms with E-state index in [0.717, 1.165) is 26.4 Å². The summed E-state index contributed by atoms with van der Waals surface area (Å²) in [5, 5.41) is 91.1. The molecule has 55 heavy (non-hydrogen) atoms. The van der Waals surface area contributed by atoms with Gasteiger partial charge in [-0.25, -0.2) is 0 Å². The Morgan fingerprint density at radius 2 is 1.22 bits per heavy atom. The number of likely N-dealkylation sites (N-methyl/N-ethyl adjacent to an activating group) is 1. The maximum absolute atomic E-state index is 13.2. The molecule has 19 heteroatoms. The fraction of sp³-hybridized carbons (Fsp3) is 0.472. The third-order valence-corrected chi connectivity index (χ3v) is 8.41. The molecule has 0 heterocycles. The zero-order valence-corrected chi connectivity index (χ0v) is 31.4. The molecule has 11 N–H and O–H groups in total. The Morgan fingerprint density at radius 3 is 1.69 bits per heavy atom. The monoisotopic (exact) mass is 817 g/mol. The molecule has 1 unspecified atom stereocenters. The van der Waals surface area contributed by atoms with E-state index in [0.29, 0.717) is 18.4 Å². The van der Waals surface area contributed by atoms with Crippen molar-refractivity contribution >= 4 is 51.3 Å². The number of nitrogens with one attached hydrogen (secondary N) is 2. The summed E-state index contributed by atoms with van der Waals surface area (Å²) in [5.74, 6) is -5.29. The van der Waals surface area contributed by atoms with Gasteiger partial charge in [-0.3, -0.25) is 33.8 Å². The van der Waals surface area contributed by atoms with Crippen molar-refractivity contribution in [2.75, 3.05) is 59.5 Å². The van der Waals surface area contributed by atoms with E-state index >= 15 is 0 Å². The predicted octanol–water partition coefficient (Wildman–Crippen LogP) is -1.16. The fourth-order valence-corrected chi connectivity index (χ4v) is 5.75. The van der Waals surface area contributed by atoms with E-state index in [1.54, 1.807) is 7.05 Å². The maximum atomic E-state index is 13.2. The molecule has 0 aliphatic carbocycles. The van der Waals surface area contributed by atoms with Crippen LogP contribution in [0.25, 0.3) is 21.5 Å². The quantitative estimate of drug-likeness (QED) is 0.0306. The molecular formula is C36H50MnN4O14+2. The fourth-order valence-electron chi connectivity index (χ4n) is 5.75. The Kier molecular flexibility index (Phi) is 22.2. The second-order valence-electron chi connectivity index (χ2n) is 12.5. The van der Waals surface area contributed by atoms with Gasteiger partial charge in [0, 0.05) is 26.2 Å². The molecule has 1 amide bonds. The minimum absolute atomic E-state index is 0. The number of carbonyl (C=O) groups excluding carboxylic acids is 1. The molecule has 5 atom stereocenters. The number of aliphatic hydroxyl groups is 5. The Bertz CT molecular complexity index is 1630. The average Bonchev–Trinajstić information content (AvgIpc) is 3.12. The van der Waals surface area contributed by atoms with E-state index < -0.39 is 80.6 Å². The first kappa shape index (κ1) is 48.7. The van der Waals surface area contributed by atoms with Gasteiger partial charge in [-0.1, -0.05) is 48.5 Å². The molecular weight excluding hydrogens is 767 g/mol. The van der Waals surface area contributed by atoms with E-state index in [1.165, 1.54) is 4.90 Å². The summed E-state index contributed by atoms with van der Waals surface area (Å²) in [4.78, 5) is 61.1. The van der Waals surface area contributed by atoms with Crippen molar-refractivity contribution in [1.82, 2.24) is 20.4 Å². The number of fused-ring (bicyclic) bond motifs is 2. The largest absolute Gasteiger partial charge is 2.00 e. The predicted molar refractivity (Wildman–Crippen MR) is 195 cm³/mol. The molecule has 3 aromatic rings. The van der Waals surface area contributed by atoms with Crippen LogP contribution in [0.5, 0.6) is 0 Å². The molecule has 0 fully saturated rings. The topological polar surface area (TPSA) is 298 Å². The van der Waals surface area contributed by atoms with Crippen LogP contribution in [0.15, 0.2) is 54.6 Å². The first-order valence-corrected chi connectivity index (χ1v) is 17.1. The van der Waals surface area contributed by atoms with Gasteiger partial charge >= 0.3 is 40.9 Å². The van der Waals surface area contributed by atoms with Crippen LogP contribution in [0, 0.1) is 0 Å². The molecule has 0 aliphatic rings. The minimum Gasteiger partial charge on any atom is -0.480 e. The van der Waals surface area contributed by atoms with Crippen molar-refractivity contribution in [3.05, 3.63) is 60.2 Å². The number of carboxylic acids is 4. The molecule has 0 aliphatic heterocycles. The first-order chi connectivity index (χ1) is 25.6. The van der Waals surface area contributed by atoms with E-state index in [4.69, 9.17) is 30.6 Å². The Balaban J connectivity index is 0.000000923. The van der Waals surface area contributed by atoms with Crippen LogP contribution in [0.4, 0.5) is 0 Å². The molecule has 1 radical (unpaired) electrons. The first-order valence-electron chi connectivity index (χ1n) is 17.1. The number of rotatable bonds is 23. The smallest absolute Gasteiger partial charge is 0.480 e. The summed E-state index contributed by atoms with van der Waals surface area (Å²) in [6.07, 6.45) is -4.78. The van der Waals surface area contributed by atoms with E-state index in [-0.39, 0.29) is 55.6 Å². The summed E-state index contributed by atoms with van der Waals surface area (Å²) in [7, 11) is 1.57. The van der Waals surface area contributed by atoms with Gasteiger partial charge in [-0.15, -0.1) is 0 Å². The van der Waals surface area contributed by atoms with Crippen molar-refractivity contribution in [1.29, 1.82) is 0 Å². The molecule has 18 nitrogen and oxygen atoms in total. The third-order valence-electron chi connectivity index (χ3n) is 8.41. The number of hydrogen-bond donors (Lipinski definition) is 11. The van der Waals surface area contributed by atoms with Crippen molar-refractivity contribution in [3.63, 3.8) is 0 Å².